The Morgan fingerprint density at radius 1 is 1.27 bits per heavy atom. The molecule has 0 unspecified atom stereocenters. The third kappa shape index (κ3) is 4.87. The van der Waals surface area contributed by atoms with E-state index >= 15 is 0 Å². The van der Waals surface area contributed by atoms with Crippen molar-refractivity contribution in [3.05, 3.63) is 29.3 Å². The van der Waals surface area contributed by atoms with Gasteiger partial charge < -0.3 is 10.1 Å². The van der Waals surface area contributed by atoms with Gasteiger partial charge in [-0.3, -0.25) is 14.6 Å². The van der Waals surface area contributed by atoms with Gasteiger partial charge in [-0.1, -0.05) is 11.6 Å². The van der Waals surface area contributed by atoms with Crippen molar-refractivity contribution in [3.63, 3.8) is 0 Å². The first kappa shape index (κ1) is 17.1. The maximum absolute atomic E-state index is 11.6. The summed E-state index contributed by atoms with van der Waals surface area (Å²) in [6, 6.07) is 7.36. The molecule has 1 atom stereocenters. The molecule has 1 aromatic rings. The molecule has 5 nitrogen and oxygen atoms in total. The number of likely N-dealkylation sites (N-methyl/N-ethyl adjacent to an activating group) is 1. The lowest BCUT2D eigenvalue weighted by molar-refractivity contribution is -0.126. The summed E-state index contributed by atoms with van der Waals surface area (Å²) in [5.74, 6) is 0.927. The summed E-state index contributed by atoms with van der Waals surface area (Å²) >= 11 is 5.84. The largest absolute Gasteiger partial charge is 0.492 e. The smallest absolute Gasteiger partial charge is 0.236 e. The Hall–Kier alpha value is -1.30. The molecule has 1 aliphatic rings. The van der Waals surface area contributed by atoms with Gasteiger partial charge in [-0.2, -0.15) is 0 Å². The molecule has 0 saturated carbocycles. The molecular weight excluding hydrogens is 302 g/mol. The molecule has 0 aromatic heterocycles. The number of hydrogen-bond acceptors (Lipinski definition) is 4. The van der Waals surface area contributed by atoms with E-state index in [0.717, 1.165) is 38.5 Å². The summed E-state index contributed by atoms with van der Waals surface area (Å²) in [7, 11) is 1.68. The molecular formula is C16H24ClN3O2. The number of carbonyl (C=O) groups excluding carboxylic acids is 1. The van der Waals surface area contributed by atoms with E-state index in [0.29, 0.717) is 11.6 Å². The van der Waals surface area contributed by atoms with E-state index in [-0.39, 0.29) is 11.9 Å². The third-order valence-corrected chi connectivity index (χ3v) is 4.32. The van der Waals surface area contributed by atoms with Crippen LogP contribution in [0.5, 0.6) is 5.75 Å². The lowest BCUT2D eigenvalue weighted by Crippen LogP contribution is -2.53. The predicted octanol–water partition coefficient (Wildman–Crippen LogP) is 1.47. The fourth-order valence-corrected chi connectivity index (χ4v) is 2.70. The Kier molecular flexibility index (Phi) is 6.49. The van der Waals surface area contributed by atoms with Crippen molar-refractivity contribution in [2.75, 3.05) is 46.4 Å². The topological polar surface area (TPSA) is 44.8 Å². The van der Waals surface area contributed by atoms with Crippen LogP contribution in [0, 0.1) is 0 Å². The van der Waals surface area contributed by atoms with Crippen molar-refractivity contribution in [1.29, 1.82) is 0 Å². The molecule has 1 fully saturated rings. The zero-order valence-corrected chi connectivity index (χ0v) is 14.0. The van der Waals surface area contributed by atoms with Crippen LogP contribution in [-0.4, -0.2) is 68.1 Å². The molecule has 122 valence electrons. The molecule has 2 rings (SSSR count). The maximum atomic E-state index is 11.6. The first-order valence-corrected chi connectivity index (χ1v) is 8.04. The van der Waals surface area contributed by atoms with Gasteiger partial charge in [-0.05, 0) is 31.2 Å². The summed E-state index contributed by atoms with van der Waals surface area (Å²) in [4.78, 5) is 16.2. The van der Waals surface area contributed by atoms with Gasteiger partial charge in [0.25, 0.3) is 0 Å². The normalized spacial score (nSPS) is 18.0. The average molecular weight is 326 g/mol. The van der Waals surface area contributed by atoms with Crippen molar-refractivity contribution >= 4 is 17.5 Å². The van der Waals surface area contributed by atoms with Crippen LogP contribution in [0.15, 0.2) is 24.3 Å². The van der Waals surface area contributed by atoms with E-state index in [1.165, 1.54) is 0 Å². The number of halogens is 1. The molecule has 0 aliphatic carbocycles. The predicted molar refractivity (Wildman–Crippen MR) is 88.5 cm³/mol. The minimum absolute atomic E-state index is 0.0579. The molecule has 0 radical (unpaired) electrons. The number of nitrogens with zero attached hydrogens (tertiary/aromatic N) is 2. The zero-order valence-electron chi connectivity index (χ0n) is 13.2. The van der Waals surface area contributed by atoms with Gasteiger partial charge in [-0.25, -0.2) is 0 Å². The third-order valence-electron chi connectivity index (χ3n) is 4.07. The number of hydrogen-bond donors (Lipinski definition) is 1. The molecule has 1 amide bonds. The summed E-state index contributed by atoms with van der Waals surface area (Å²) in [5.41, 5.74) is 0. The molecule has 0 spiro atoms. The Morgan fingerprint density at radius 2 is 1.91 bits per heavy atom. The molecule has 6 heteroatoms. The van der Waals surface area contributed by atoms with Gasteiger partial charge in [0.1, 0.15) is 12.4 Å². The number of amides is 1. The van der Waals surface area contributed by atoms with Crippen molar-refractivity contribution < 1.29 is 9.53 Å². The van der Waals surface area contributed by atoms with Crippen LogP contribution < -0.4 is 10.1 Å². The van der Waals surface area contributed by atoms with Crippen LogP contribution in [0.1, 0.15) is 6.92 Å². The Morgan fingerprint density at radius 3 is 2.50 bits per heavy atom. The standard InChI is InChI=1S/C16H24ClN3O2/c1-13(16(21)18-2)20-9-7-19(8-10-20)11-12-22-15-5-3-14(17)4-6-15/h3-6,13H,7-12H2,1-2H3,(H,18,21)/t13-/m1/s1. The monoisotopic (exact) mass is 325 g/mol. The van der Waals surface area contributed by atoms with Crippen LogP contribution in [0.4, 0.5) is 0 Å². The highest BCUT2D eigenvalue weighted by atomic mass is 35.5. The van der Waals surface area contributed by atoms with Crippen LogP contribution in [0.25, 0.3) is 0 Å². The number of nitrogens with one attached hydrogen (secondary N) is 1. The summed E-state index contributed by atoms with van der Waals surface area (Å²) in [6.07, 6.45) is 0. The minimum Gasteiger partial charge on any atom is -0.492 e. The fourth-order valence-electron chi connectivity index (χ4n) is 2.57. The Bertz CT molecular complexity index is 473. The molecule has 1 heterocycles. The van der Waals surface area contributed by atoms with Crippen LogP contribution in [0.2, 0.25) is 5.02 Å². The van der Waals surface area contributed by atoms with Gasteiger partial charge >= 0.3 is 0 Å². The first-order chi connectivity index (χ1) is 10.6. The van der Waals surface area contributed by atoms with Gasteiger partial charge in [0.2, 0.25) is 5.91 Å². The second-order valence-corrected chi connectivity index (χ2v) is 5.91. The quantitative estimate of drug-likeness (QED) is 0.860. The number of carbonyl (C=O) groups is 1. The van der Waals surface area contributed by atoms with Crippen molar-refractivity contribution in [3.8, 4) is 5.75 Å². The van der Waals surface area contributed by atoms with E-state index in [1.807, 2.05) is 31.2 Å². The first-order valence-electron chi connectivity index (χ1n) is 7.66. The van der Waals surface area contributed by atoms with Crippen molar-refractivity contribution in [2.45, 2.75) is 13.0 Å². The van der Waals surface area contributed by atoms with E-state index in [4.69, 9.17) is 16.3 Å². The van der Waals surface area contributed by atoms with Gasteiger partial charge in [0.15, 0.2) is 0 Å². The molecule has 1 aliphatic heterocycles. The second kappa shape index (κ2) is 8.36. The van der Waals surface area contributed by atoms with Crippen LogP contribution in [0.3, 0.4) is 0 Å². The van der Waals surface area contributed by atoms with Gasteiger partial charge in [0, 0.05) is 44.8 Å². The van der Waals surface area contributed by atoms with Crippen molar-refractivity contribution in [1.82, 2.24) is 15.1 Å². The Labute approximate surface area is 137 Å². The molecule has 1 saturated heterocycles. The average Bonchev–Trinajstić information content (AvgIpc) is 2.56. The molecule has 1 N–H and O–H groups in total. The van der Waals surface area contributed by atoms with E-state index in [9.17, 15) is 4.79 Å². The highest BCUT2D eigenvalue weighted by Crippen LogP contribution is 2.15. The number of piperazine rings is 1. The summed E-state index contributed by atoms with van der Waals surface area (Å²) in [6.45, 7) is 7.26. The summed E-state index contributed by atoms with van der Waals surface area (Å²) < 4.78 is 5.72. The zero-order chi connectivity index (χ0) is 15.9. The highest BCUT2D eigenvalue weighted by molar-refractivity contribution is 6.30. The van der Waals surface area contributed by atoms with E-state index < -0.39 is 0 Å². The molecule has 1 aromatic carbocycles. The number of ether oxygens (including phenoxy) is 1. The van der Waals surface area contributed by atoms with E-state index in [1.54, 1.807) is 7.05 Å². The van der Waals surface area contributed by atoms with Crippen molar-refractivity contribution in [2.24, 2.45) is 0 Å². The van der Waals surface area contributed by atoms with E-state index in [2.05, 4.69) is 15.1 Å². The van der Waals surface area contributed by atoms with Crippen LogP contribution >= 0.6 is 11.6 Å². The number of benzene rings is 1. The minimum atomic E-state index is -0.0579. The molecule has 22 heavy (non-hydrogen) atoms. The Balaban J connectivity index is 1.67. The maximum Gasteiger partial charge on any atom is 0.236 e. The van der Waals surface area contributed by atoms with Crippen LogP contribution in [-0.2, 0) is 4.79 Å². The highest BCUT2D eigenvalue weighted by Gasteiger charge is 2.24. The second-order valence-electron chi connectivity index (χ2n) is 5.47. The van der Waals surface area contributed by atoms with Gasteiger partial charge in [-0.15, -0.1) is 0 Å². The van der Waals surface area contributed by atoms with Gasteiger partial charge in [0.05, 0.1) is 6.04 Å². The SMILES string of the molecule is CNC(=O)[C@@H](C)N1CCN(CCOc2ccc(Cl)cc2)CC1. The fraction of sp³-hybridized carbons (Fsp3) is 0.562. The lowest BCUT2D eigenvalue weighted by atomic mass is 10.2. The number of rotatable bonds is 6. The summed E-state index contributed by atoms with van der Waals surface area (Å²) in [5, 5.41) is 3.42. The lowest BCUT2D eigenvalue weighted by Gasteiger charge is -2.37. The molecule has 0 bridgehead atoms.